The molecule has 0 spiro atoms. The molecule has 3 atom stereocenters. The van der Waals surface area contributed by atoms with E-state index in [-0.39, 0.29) is 17.1 Å². The Morgan fingerprint density at radius 2 is 1.64 bits per heavy atom. The molecule has 0 aliphatic heterocycles. The molecule has 0 saturated heterocycles. The first-order valence-electron chi connectivity index (χ1n) is 7.81. The predicted octanol–water partition coefficient (Wildman–Crippen LogP) is 3.39. The molecular weight excluding hydrogens is 316 g/mol. The van der Waals surface area contributed by atoms with Gasteiger partial charge in [0, 0.05) is 5.92 Å². The zero-order valence-electron chi connectivity index (χ0n) is 13.6. The van der Waals surface area contributed by atoms with Gasteiger partial charge in [-0.05, 0) is 17.1 Å². The van der Waals surface area contributed by atoms with Crippen molar-refractivity contribution in [2.24, 2.45) is 5.92 Å². The maximum Gasteiger partial charge on any atom is 0.0824 e. The van der Waals surface area contributed by atoms with Gasteiger partial charge in [0.1, 0.15) is 0 Å². The summed E-state index contributed by atoms with van der Waals surface area (Å²) < 4.78 is 5.68. The van der Waals surface area contributed by atoms with Crippen LogP contribution in [0.15, 0.2) is 30.3 Å². The second-order valence-electron chi connectivity index (χ2n) is 5.20. The van der Waals surface area contributed by atoms with Crippen LogP contribution in [0.2, 0.25) is 0 Å². The Hall–Kier alpha value is -0.200. The quantitative estimate of drug-likeness (QED) is 0.603. The molecule has 0 fully saturated rings. The van der Waals surface area contributed by atoms with Crippen molar-refractivity contribution in [1.82, 2.24) is 0 Å². The molecule has 0 saturated carbocycles. The van der Waals surface area contributed by atoms with Crippen LogP contribution in [0.5, 0.6) is 0 Å². The Kier molecular flexibility index (Phi) is 10.2. The normalized spacial score (nSPS) is 15.7. The van der Waals surface area contributed by atoms with Gasteiger partial charge < -0.3 is 14.9 Å². The molecular formula is C17H28O3S2. The van der Waals surface area contributed by atoms with E-state index in [0.29, 0.717) is 6.61 Å². The lowest BCUT2D eigenvalue weighted by Crippen LogP contribution is -2.38. The van der Waals surface area contributed by atoms with E-state index in [0.717, 1.165) is 17.1 Å². The molecule has 1 rings (SSSR count). The molecule has 126 valence electrons. The Balaban J connectivity index is 2.40. The van der Waals surface area contributed by atoms with E-state index in [9.17, 15) is 10.2 Å². The SMILES string of the molecule is CCSC(SCC)[C@H](O)[C@@H](C)[C@H](O)COCc1ccccc1. The van der Waals surface area contributed by atoms with Crippen molar-refractivity contribution >= 4 is 23.5 Å². The number of ether oxygens (including phenoxy) is 1. The zero-order chi connectivity index (χ0) is 16.4. The van der Waals surface area contributed by atoms with E-state index in [1.54, 1.807) is 23.5 Å². The Bertz CT molecular complexity index is 383. The third kappa shape index (κ3) is 6.92. The van der Waals surface area contributed by atoms with Crippen molar-refractivity contribution in [3.8, 4) is 0 Å². The predicted molar refractivity (Wildman–Crippen MR) is 97.3 cm³/mol. The van der Waals surface area contributed by atoms with Gasteiger partial charge in [-0.2, -0.15) is 0 Å². The minimum absolute atomic E-state index is 0.105. The number of hydrogen-bond donors (Lipinski definition) is 2. The van der Waals surface area contributed by atoms with Gasteiger partial charge in [-0.3, -0.25) is 0 Å². The summed E-state index contributed by atoms with van der Waals surface area (Å²) in [6.45, 7) is 6.79. The van der Waals surface area contributed by atoms with Crippen LogP contribution in [-0.2, 0) is 11.3 Å². The van der Waals surface area contributed by atoms with E-state index in [1.807, 2.05) is 37.3 Å². The van der Waals surface area contributed by atoms with E-state index in [1.165, 1.54) is 0 Å². The van der Waals surface area contributed by atoms with Crippen LogP contribution in [0, 0.1) is 5.92 Å². The summed E-state index contributed by atoms with van der Waals surface area (Å²) in [5.74, 6) is 1.71. The largest absolute Gasteiger partial charge is 0.391 e. The molecule has 0 aromatic heterocycles. The number of aliphatic hydroxyl groups excluding tert-OH is 2. The van der Waals surface area contributed by atoms with Crippen LogP contribution in [0.1, 0.15) is 26.3 Å². The highest BCUT2D eigenvalue weighted by molar-refractivity contribution is 8.17. The molecule has 0 unspecified atom stereocenters. The molecule has 0 heterocycles. The van der Waals surface area contributed by atoms with Gasteiger partial charge in [0.2, 0.25) is 0 Å². The van der Waals surface area contributed by atoms with Crippen molar-refractivity contribution < 1.29 is 14.9 Å². The third-order valence-corrected chi connectivity index (χ3v) is 6.18. The second-order valence-corrected chi connectivity index (χ2v) is 8.33. The topological polar surface area (TPSA) is 49.7 Å². The van der Waals surface area contributed by atoms with Crippen LogP contribution < -0.4 is 0 Å². The Labute approximate surface area is 142 Å². The van der Waals surface area contributed by atoms with E-state index in [4.69, 9.17) is 4.74 Å². The van der Waals surface area contributed by atoms with Crippen molar-refractivity contribution in [3.05, 3.63) is 35.9 Å². The summed E-state index contributed by atoms with van der Waals surface area (Å²) in [4.78, 5) is 0. The molecule has 22 heavy (non-hydrogen) atoms. The molecule has 5 heteroatoms. The molecule has 0 bridgehead atoms. The third-order valence-electron chi connectivity index (χ3n) is 3.49. The minimum atomic E-state index is -0.656. The van der Waals surface area contributed by atoms with Gasteiger partial charge >= 0.3 is 0 Å². The van der Waals surface area contributed by atoms with Gasteiger partial charge in [0.25, 0.3) is 0 Å². The fraction of sp³-hybridized carbons (Fsp3) is 0.647. The summed E-state index contributed by atoms with van der Waals surface area (Å²) in [6, 6.07) is 9.90. The van der Waals surface area contributed by atoms with Gasteiger partial charge in [-0.25, -0.2) is 0 Å². The minimum Gasteiger partial charge on any atom is -0.391 e. The molecule has 1 aromatic carbocycles. The summed E-state index contributed by atoms with van der Waals surface area (Å²) >= 11 is 3.47. The number of aliphatic hydroxyl groups is 2. The molecule has 3 nitrogen and oxygen atoms in total. The second kappa shape index (κ2) is 11.4. The number of hydrogen-bond acceptors (Lipinski definition) is 5. The number of rotatable bonds is 11. The maximum atomic E-state index is 10.5. The first kappa shape index (κ1) is 19.8. The maximum absolute atomic E-state index is 10.5. The summed E-state index contributed by atoms with van der Waals surface area (Å²) in [5.41, 5.74) is 1.09. The van der Waals surface area contributed by atoms with Crippen molar-refractivity contribution in [2.75, 3.05) is 18.1 Å². The van der Waals surface area contributed by atoms with Crippen LogP contribution in [0.3, 0.4) is 0 Å². The van der Waals surface area contributed by atoms with E-state index < -0.39 is 12.2 Å². The Morgan fingerprint density at radius 1 is 1.05 bits per heavy atom. The van der Waals surface area contributed by atoms with Crippen molar-refractivity contribution in [2.45, 2.75) is 44.2 Å². The van der Waals surface area contributed by atoms with E-state index >= 15 is 0 Å². The van der Waals surface area contributed by atoms with Crippen LogP contribution >= 0.6 is 23.5 Å². The molecule has 1 aromatic rings. The lowest BCUT2D eigenvalue weighted by Gasteiger charge is -2.29. The van der Waals surface area contributed by atoms with Crippen molar-refractivity contribution in [3.63, 3.8) is 0 Å². The summed E-state index contributed by atoms with van der Waals surface area (Å²) in [6.07, 6.45) is -1.19. The lowest BCUT2D eigenvalue weighted by molar-refractivity contribution is -0.0313. The fourth-order valence-electron chi connectivity index (χ4n) is 2.07. The first-order valence-corrected chi connectivity index (χ1v) is 9.90. The average Bonchev–Trinajstić information content (AvgIpc) is 2.54. The molecule has 0 aliphatic rings. The Morgan fingerprint density at radius 3 is 2.18 bits per heavy atom. The average molecular weight is 345 g/mol. The number of benzene rings is 1. The lowest BCUT2D eigenvalue weighted by atomic mass is 10.00. The summed E-state index contributed by atoms with van der Waals surface area (Å²) in [7, 11) is 0. The first-order chi connectivity index (χ1) is 10.6. The van der Waals surface area contributed by atoms with Gasteiger partial charge in [-0.15, -0.1) is 23.5 Å². The number of thioether (sulfide) groups is 2. The van der Waals surface area contributed by atoms with Crippen LogP contribution in [0.25, 0.3) is 0 Å². The summed E-state index contributed by atoms with van der Waals surface area (Å²) in [5, 5.41) is 20.7. The van der Waals surface area contributed by atoms with Crippen LogP contribution in [0.4, 0.5) is 0 Å². The van der Waals surface area contributed by atoms with E-state index in [2.05, 4.69) is 13.8 Å². The zero-order valence-corrected chi connectivity index (χ0v) is 15.3. The van der Waals surface area contributed by atoms with Gasteiger partial charge in [-0.1, -0.05) is 51.1 Å². The van der Waals surface area contributed by atoms with Crippen LogP contribution in [-0.4, -0.2) is 45.1 Å². The fourth-order valence-corrected chi connectivity index (χ4v) is 4.82. The van der Waals surface area contributed by atoms with Gasteiger partial charge in [0.05, 0.1) is 30.0 Å². The highest BCUT2D eigenvalue weighted by Gasteiger charge is 2.29. The molecule has 0 amide bonds. The highest BCUT2D eigenvalue weighted by atomic mass is 32.2. The molecule has 0 aliphatic carbocycles. The molecule has 0 radical (unpaired) electrons. The smallest absolute Gasteiger partial charge is 0.0824 e. The van der Waals surface area contributed by atoms with Gasteiger partial charge in [0.15, 0.2) is 0 Å². The molecule has 2 N–H and O–H groups in total. The highest BCUT2D eigenvalue weighted by Crippen LogP contribution is 2.31. The standard InChI is InChI=1S/C17H28O3S2/c1-4-21-17(22-5-2)16(19)13(3)15(18)12-20-11-14-9-7-6-8-10-14/h6-10,13,15-19H,4-5,11-12H2,1-3H3/t13-,15+,16+/m0/s1. The monoisotopic (exact) mass is 344 g/mol. The van der Waals surface area contributed by atoms with Crippen molar-refractivity contribution in [1.29, 1.82) is 0 Å².